The van der Waals surface area contributed by atoms with Gasteiger partial charge in [0.1, 0.15) is 11.6 Å². The van der Waals surface area contributed by atoms with Crippen LogP contribution in [0, 0.1) is 5.92 Å². The fourth-order valence-corrected chi connectivity index (χ4v) is 4.45. The highest BCUT2D eigenvalue weighted by Gasteiger charge is 2.18. The van der Waals surface area contributed by atoms with E-state index in [9.17, 15) is 4.79 Å². The number of ether oxygens (including phenoxy) is 2. The molecule has 3 aromatic rings. The quantitative estimate of drug-likeness (QED) is 0.399. The number of hydrogen-bond acceptors (Lipinski definition) is 7. The van der Waals surface area contributed by atoms with Gasteiger partial charge in [-0.1, -0.05) is 26.0 Å². The molecule has 0 aliphatic carbocycles. The van der Waals surface area contributed by atoms with Gasteiger partial charge in [0.2, 0.25) is 5.91 Å². The molecule has 0 saturated carbocycles. The third kappa shape index (κ3) is 7.63. The highest BCUT2D eigenvalue weighted by molar-refractivity contribution is 5.91. The first-order chi connectivity index (χ1) is 18.0. The Hall–Kier alpha value is -3.23. The first-order valence-electron chi connectivity index (χ1n) is 13.3. The molecule has 0 radical (unpaired) electrons. The molecule has 0 bridgehead atoms. The van der Waals surface area contributed by atoms with Gasteiger partial charge in [-0.05, 0) is 48.7 Å². The summed E-state index contributed by atoms with van der Waals surface area (Å²) in [7, 11) is 1.66. The molecule has 37 heavy (non-hydrogen) atoms. The van der Waals surface area contributed by atoms with Crippen molar-refractivity contribution in [3.8, 4) is 17.1 Å². The Morgan fingerprint density at radius 3 is 2.57 bits per heavy atom. The van der Waals surface area contributed by atoms with Crippen LogP contribution in [0.1, 0.15) is 26.7 Å². The normalized spacial score (nSPS) is 14.2. The van der Waals surface area contributed by atoms with Gasteiger partial charge in [-0.15, -0.1) is 0 Å². The number of hydrogen-bond donors (Lipinski definition) is 1. The Morgan fingerprint density at radius 2 is 1.84 bits per heavy atom. The van der Waals surface area contributed by atoms with Gasteiger partial charge in [-0.25, -0.2) is 9.97 Å². The van der Waals surface area contributed by atoms with Crippen molar-refractivity contribution in [1.29, 1.82) is 0 Å². The number of nitrogens with one attached hydrogen (secondary N) is 1. The molecule has 1 fully saturated rings. The largest absolute Gasteiger partial charge is 0.497 e. The van der Waals surface area contributed by atoms with Crippen molar-refractivity contribution in [1.82, 2.24) is 20.2 Å². The van der Waals surface area contributed by atoms with Crippen molar-refractivity contribution < 1.29 is 14.3 Å². The highest BCUT2D eigenvalue weighted by atomic mass is 16.5. The molecule has 8 heteroatoms. The van der Waals surface area contributed by atoms with Gasteiger partial charge in [0, 0.05) is 56.6 Å². The van der Waals surface area contributed by atoms with Gasteiger partial charge >= 0.3 is 0 Å². The van der Waals surface area contributed by atoms with E-state index in [1.807, 2.05) is 42.5 Å². The number of methoxy groups -OCH3 is 1. The number of rotatable bonds is 12. The summed E-state index contributed by atoms with van der Waals surface area (Å²) < 4.78 is 10.8. The smallest absolute Gasteiger partial charge is 0.221 e. The molecule has 1 saturated heterocycles. The predicted octanol–water partition coefficient (Wildman–Crippen LogP) is 4.00. The molecule has 1 N–H and O–H groups in total. The minimum Gasteiger partial charge on any atom is -0.497 e. The van der Waals surface area contributed by atoms with E-state index < -0.39 is 0 Å². The topological polar surface area (TPSA) is 79.8 Å². The van der Waals surface area contributed by atoms with Crippen LogP contribution in [0.2, 0.25) is 0 Å². The number of amides is 1. The average Bonchev–Trinajstić information content (AvgIpc) is 2.93. The van der Waals surface area contributed by atoms with E-state index in [2.05, 4.69) is 35.0 Å². The number of carbonyl (C=O) groups excluding carboxylic acids is 1. The Labute approximate surface area is 220 Å². The SMILES string of the molecule is COc1ccc(-c2nc(N(CCCN3CCOCC3)CCC(=O)NCC(C)C)c3ccccc3n2)cc1. The second-order valence-corrected chi connectivity index (χ2v) is 9.86. The molecule has 1 aromatic heterocycles. The van der Waals surface area contributed by atoms with Crippen molar-refractivity contribution in [2.75, 3.05) is 64.5 Å². The summed E-state index contributed by atoms with van der Waals surface area (Å²) in [5, 5.41) is 4.04. The lowest BCUT2D eigenvalue weighted by Gasteiger charge is -2.29. The number of fused-ring (bicyclic) bond motifs is 1. The van der Waals surface area contributed by atoms with Crippen LogP contribution in [0.3, 0.4) is 0 Å². The lowest BCUT2D eigenvalue weighted by molar-refractivity contribution is -0.121. The van der Waals surface area contributed by atoms with Gasteiger partial charge in [0.05, 0.1) is 25.8 Å². The molecular formula is C29H39N5O3. The van der Waals surface area contributed by atoms with E-state index in [1.165, 1.54) is 0 Å². The minimum absolute atomic E-state index is 0.0700. The lowest BCUT2D eigenvalue weighted by atomic mass is 10.1. The molecule has 198 valence electrons. The van der Waals surface area contributed by atoms with Crippen LogP contribution in [-0.2, 0) is 9.53 Å². The van der Waals surface area contributed by atoms with Crippen LogP contribution >= 0.6 is 0 Å². The fourth-order valence-electron chi connectivity index (χ4n) is 4.45. The molecule has 0 unspecified atom stereocenters. The monoisotopic (exact) mass is 505 g/mol. The number of anilines is 1. The maximum absolute atomic E-state index is 12.6. The highest BCUT2D eigenvalue weighted by Crippen LogP contribution is 2.29. The molecule has 2 aromatic carbocycles. The predicted molar refractivity (Wildman–Crippen MR) is 148 cm³/mol. The van der Waals surface area contributed by atoms with Crippen LogP contribution in [0.5, 0.6) is 5.75 Å². The van der Waals surface area contributed by atoms with Crippen molar-refractivity contribution in [3.63, 3.8) is 0 Å². The summed E-state index contributed by atoms with van der Waals surface area (Å²) in [5.41, 5.74) is 1.82. The molecule has 1 amide bonds. The van der Waals surface area contributed by atoms with Crippen molar-refractivity contribution >= 4 is 22.6 Å². The zero-order valence-corrected chi connectivity index (χ0v) is 22.3. The summed E-state index contributed by atoms with van der Waals surface area (Å²) in [6, 6.07) is 15.9. The second-order valence-electron chi connectivity index (χ2n) is 9.86. The summed E-state index contributed by atoms with van der Waals surface area (Å²) >= 11 is 0. The van der Waals surface area contributed by atoms with E-state index in [4.69, 9.17) is 19.4 Å². The number of benzene rings is 2. The van der Waals surface area contributed by atoms with Crippen molar-refractivity contribution in [2.45, 2.75) is 26.7 Å². The van der Waals surface area contributed by atoms with E-state index in [-0.39, 0.29) is 5.91 Å². The molecular weight excluding hydrogens is 466 g/mol. The molecule has 4 rings (SSSR count). The molecule has 0 atom stereocenters. The molecule has 8 nitrogen and oxygen atoms in total. The Morgan fingerprint density at radius 1 is 1.08 bits per heavy atom. The number of para-hydroxylation sites is 1. The Balaban J connectivity index is 1.60. The Kier molecular flexibility index (Phi) is 9.68. The van der Waals surface area contributed by atoms with E-state index in [0.717, 1.165) is 73.8 Å². The van der Waals surface area contributed by atoms with Gasteiger partial charge < -0.3 is 19.7 Å². The minimum atomic E-state index is 0.0700. The average molecular weight is 506 g/mol. The van der Waals surface area contributed by atoms with Crippen LogP contribution in [0.25, 0.3) is 22.3 Å². The maximum Gasteiger partial charge on any atom is 0.221 e. The van der Waals surface area contributed by atoms with Gasteiger partial charge in [0.15, 0.2) is 5.82 Å². The number of morpholine rings is 1. The van der Waals surface area contributed by atoms with Crippen LogP contribution in [0.4, 0.5) is 5.82 Å². The second kappa shape index (κ2) is 13.4. The van der Waals surface area contributed by atoms with Gasteiger partial charge in [-0.3, -0.25) is 9.69 Å². The number of aromatic nitrogens is 2. The van der Waals surface area contributed by atoms with Crippen LogP contribution < -0.4 is 15.0 Å². The van der Waals surface area contributed by atoms with E-state index in [1.54, 1.807) is 7.11 Å². The zero-order valence-electron chi connectivity index (χ0n) is 22.3. The summed E-state index contributed by atoms with van der Waals surface area (Å²) in [6.45, 7) is 10.8. The van der Waals surface area contributed by atoms with Crippen molar-refractivity contribution in [2.24, 2.45) is 5.92 Å². The summed E-state index contributed by atoms with van der Waals surface area (Å²) in [6.07, 6.45) is 1.39. The number of carbonyl (C=O) groups is 1. The maximum atomic E-state index is 12.6. The third-order valence-electron chi connectivity index (χ3n) is 6.55. The molecule has 0 spiro atoms. The van der Waals surface area contributed by atoms with Gasteiger partial charge in [-0.2, -0.15) is 0 Å². The third-order valence-corrected chi connectivity index (χ3v) is 6.55. The van der Waals surface area contributed by atoms with Crippen molar-refractivity contribution in [3.05, 3.63) is 48.5 Å². The summed E-state index contributed by atoms with van der Waals surface area (Å²) in [4.78, 5) is 27.2. The summed E-state index contributed by atoms with van der Waals surface area (Å²) in [5.74, 6) is 2.82. The van der Waals surface area contributed by atoms with E-state index in [0.29, 0.717) is 31.3 Å². The van der Waals surface area contributed by atoms with Crippen LogP contribution in [0.15, 0.2) is 48.5 Å². The molecule has 1 aliphatic rings. The molecule has 1 aliphatic heterocycles. The standard InChI is InChI=1S/C29H39N5O3/c1-22(2)21-30-27(35)13-16-34(15-6-14-33-17-19-37-20-18-33)29-25-7-4-5-8-26(25)31-28(32-29)23-9-11-24(36-3)12-10-23/h4-5,7-12,22H,6,13-21H2,1-3H3,(H,30,35). The van der Waals surface area contributed by atoms with Crippen LogP contribution in [-0.4, -0.2) is 80.4 Å². The molecule has 2 heterocycles. The van der Waals surface area contributed by atoms with E-state index >= 15 is 0 Å². The fraction of sp³-hybridized carbons (Fsp3) is 0.483. The lowest BCUT2D eigenvalue weighted by Crippen LogP contribution is -2.39. The first kappa shape index (κ1) is 26.8. The number of nitrogens with zero attached hydrogens (tertiary/aromatic N) is 4. The van der Waals surface area contributed by atoms with Gasteiger partial charge in [0.25, 0.3) is 0 Å². The Bertz CT molecular complexity index is 1150. The first-order valence-corrected chi connectivity index (χ1v) is 13.3. The zero-order chi connectivity index (χ0) is 26.0.